The third-order valence-electron chi connectivity index (χ3n) is 2.75. The van der Waals surface area contributed by atoms with E-state index in [2.05, 4.69) is 15.5 Å². The molecule has 0 aliphatic heterocycles. The molecule has 0 atom stereocenters. The minimum Gasteiger partial charge on any atom is -0.493 e. The summed E-state index contributed by atoms with van der Waals surface area (Å²) in [5, 5.41) is 10.5. The van der Waals surface area contributed by atoms with E-state index in [1.54, 1.807) is 19.2 Å². The fraction of sp³-hybridized carbons (Fsp3) is 0.308. The Morgan fingerprint density at radius 3 is 2.19 bits per heavy atom. The van der Waals surface area contributed by atoms with Crippen LogP contribution >= 0.6 is 0 Å². The molecular formula is C13H16N4O4. The maximum atomic E-state index is 12.0. The third-order valence-corrected chi connectivity index (χ3v) is 2.75. The first-order valence-corrected chi connectivity index (χ1v) is 6.06. The summed E-state index contributed by atoms with van der Waals surface area (Å²) in [6, 6.07) is 3.27. The number of methoxy groups -OCH3 is 3. The van der Waals surface area contributed by atoms with Crippen LogP contribution in [0.15, 0.2) is 18.3 Å². The normalized spacial score (nSPS) is 10.1. The second-order valence-electron chi connectivity index (χ2n) is 4.09. The van der Waals surface area contributed by atoms with Gasteiger partial charge in [0.05, 0.1) is 27.5 Å². The van der Waals surface area contributed by atoms with Crippen LogP contribution in [0.2, 0.25) is 0 Å². The molecule has 21 heavy (non-hydrogen) atoms. The lowest BCUT2D eigenvalue weighted by atomic mass is 10.2. The summed E-state index contributed by atoms with van der Waals surface area (Å²) in [4.78, 5) is 13.4. The van der Waals surface area contributed by atoms with Crippen molar-refractivity contribution >= 4 is 11.6 Å². The molecule has 0 radical (unpaired) electrons. The van der Waals surface area contributed by atoms with Gasteiger partial charge in [-0.25, -0.2) is 0 Å². The van der Waals surface area contributed by atoms with Gasteiger partial charge >= 0.3 is 0 Å². The van der Waals surface area contributed by atoms with Crippen LogP contribution in [-0.2, 0) is 7.05 Å². The molecule has 1 aromatic heterocycles. The minimum atomic E-state index is -0.377. The number of anilines is 1. The van der Waals surface area contributed by atoms with Gasteiger partial charge in [-0.05, 0) is 0 Å². The Hall–Kier alpha value is -2.77. The third kappa shape index (κ3) is 3.04. The van der Waals surface area contributed by atoms with Gasteiger partial charge < -0.3 is 19.5 Å². The van der Waals surface area contributed by atoms with E-state index in [1.807, 2.05) is 0 Å². The summed E-state index contributed by atoms with van der Waals surface area (Å²) in [6.45, 7) is 0. The smallest absolute Gasteiger partial charge is 0.277 e. The van der Waals surface area contributed by atoms with Crippen molar-refractivity contribution in [1.82, 2.24) is 15.0 Å². The number of hydrogen-bond acceptors (Lipinski definition) is 6. The van der Waals surface area contributed by atoms with Crippen LogP contribution in [0.3, 0.4) is 0 Å². The van der Waals surface area contributed by atoms with Crippen molar-refractivity contribution in [2.24, 2.45) is 7.05 Å². The molecule has 0 saturated carbocycles. The molecule has 1 aromatic carbocycles. The second-order valence-corrected chi connectivity index (χ2v) is 4.09. The molecule has 2 rings (SSSR count). The summed E-state index contributed by atoms with van der Waals surface area (Å²) in [5.74, 6) is 0.979. The Kier molecular flexibility index (Phi) is 4.27. The zero-order valence-corrected chi connectivity index (χ0v) is 12.2. The summed E-state index contributed by atoms with van der Waals surface area (Å²) < 4.78 is 15.7. The zero-order valence-electron chi connectivity index (χ0n) is 12.2. The Labute approximate surface area is 121 Å². The maximum Gasteiger partial charge on any atom is 0.277 e. The lowest BCUT2D eigenvalue weighted by molar-refractivity contribution is 0.102. The van der Waals surface area contributed by atoms with Crippen molar-refractivity contribution in [3.63, 3.8) is 0 Å². The number of hydrogen-bond donors (Lipinski definition) is 1. The van der Waals surface area contributed by atoms with E-state index in [-0.39, 0.29) is 11.6 Å². The van der Waals surface area contributed by atoms with Gasteiger partial charge in [0.1, 0.15) is 0 Å². The standard InChI is InChI=1S/C13H16N4O4/c1-17-14-7-9(16-17)13(18)15-8-5-10(19-2)12(21-4)11(6-8)20-3/h5-7H,1-4H3,(H,15,18). The van der Waals surface area contributed by atoms with Gasteiger partial charge in [-0.2, -0.15) is 9.90 Å². The quantitative estimate of drug-likeness (QED) is 0.887. The number of carbonyl (C=O) groups excluding carboxylic acids is 1. The molecule has 8 nitrogen and oxygen atoms in total. The van der Waals surface area contributed by atoms with Gasteiger partial charge in [0.25, 0.3) is 5.91 Å². The number of amides is 1. The molecular weight excluding hydrogens is 276 g/mol. The van der Waals surface area contributed by atoms with Crippen molar-refractivity contribution < 1.29 is 19.0 Å². The largest absolute Gasteiger partial charge is 0.493 e. The van der Waals surface area contributed by atoms with E-state index in [1.165, 1.54) is 32.3 Å². The van der Waals surface area contributed by atoms with Gasteiger partial charge in [-0.1, -0.05) is 0 Å². The van der Waals surface area contributed by atoms with Crippen molar-refractivity contribution in [2.75, 3.05) is 26.6 Å². The lowest BCUT2D eigenvalue weighted by Gasteiger charge is -2.14. The second kappa shape index (κ2) is 6.12. The number of nitrogens with zero attached hydrogens (tertiary/aromatic N) is 3. The molecule has 112 valence electrons. The Bertz CT molecular complexity index is 628. The number of nitrogens with one attached hydrogen (secondary N) is 1. The van der Waals surface area contributed by atoms with E-state index in [0.29, 0.717) is 22.9 Å². The van der Waals surface area contributed by atoms with Gasteiger partial charge in [0, 0.05) is 24.9 Å². The van der Waals surface area contributed by atoms with Crippen LogP contribution in [0.4, 0.5) is 5.69 Å². The van der Waals surface area contributed by atoms with Crippen molar-refractivity contribution in [3.8, 4) is 17.2 Å². The molecule has 0 bridgehead atoms. The van der Waals surface area contributed by atoms with Crippen LogP contribution in [0.25, 0.3) is 0 Å². The first-order valence-electron chi connectivity index (χ1n) is 6.06. The average molecular weight is 292 g/mol. The van der Waals surface area contributed by atoms with E-state index >= 15 is 0 Å². The highest BCUT2D eigenvalue weighted by Gasteiger charge is 2.16. The van der Waals surface area contributed by atoms with Crippen LogP contribution in [0, 0.1) is 0 Å². The number of aromatic nitrogens is 3. The molecule has 1 heterocycles. The summed E-state index contributed by atoms with van der Waals surface area (Å²) >= 11 is 0. The molecule has 0 spiro atoms. The highest BCUT2D eigenvalue weighted by molar-refractivity contribution is 6.02. The van der Waals surface area contributed by atoms with Crippen molar-refractivity contribution in [3.05, 3.63) is 24.0 Å². The van der Waals surface area contributed by atoms with Crippen molar-refractivity contribution in [2.45, 2.75) is 0 Å². The molecule has 0 unspecified atom stereocenters. The van der Waals surface area contributed by atoms with Gasteiger partial charge in [0.15, 0.2) is 17.2 Å². The first kappa shape index (κ1) is 14.6. The number of benzene rings is 1. The molecule has 0 aliphatic rings. The Balaban J connectivity index is 2.29. The summed E-state index contributed by atoms with van der Waals surface area (Å²) in [6.07, 6.45) is 1.38. The van der Waals surface area contributed by atoms with Crippen LogP contribution in [0.5, 0.6) is 17.2 Å². The molecule has 8 heteroatoms. The summed E-state index contributed by atoms with van der Waals surface area (Å²) in [5.41, 5.74) is 0.714. The van der Waals surface area contributed by atoms with Gasteiger partial charge in [-0.3, -0.25) is 4.79 Å². The summed E-state index contributed by atoms with van der Waals surface area (Å²) in [7, 11) is 6.16. The van der Waals surface area contributed by atoms with E-state index in [0.717, 1.165) is 0 Å². The molecule has 0 aliphatic carbocycles. The number of ether oxygens (including phenoxy) is 3. The number of carbonyl (C=O) groups is 1. The van der Waals surface area contributed by atoms with Crippen LogP contribution < -0.4 is 19.5 Å². The van der Waals surface area contributed by atoms with Crippen molar-refractivity contribution in [1.29, 1.82) is 0 Å². The highest BCUT2D eigenvalue weighted by atomic mass is 16.5. The number of aryl methyl sites for hydroxylation is 1. The van der Waals surface area contributed by atoms with E-state index in [4.69, 9.17) is 14.2 Å². The predicted molar refractivity (Wildman–Crippen MR) is 75.1 cm³/mol. The number of rotatable bonds is 5. The fourth-order valence-corrected chi connectivity index (χ4v) is 1.80. The highest BCUT2D eigenvalue weighted by Crippen LogP contribution is 2.39. The zero-order chi connectivity index (χ0) is 15.4. The van der Waals surface area contributed by atoms with Gasteiger partial charge in [0.2, 0.25) is 5.75 Å². The minimum absolute atomic E-state index is 0.214. The fourth-order valence-electron chi connectivity index (χ4n) is 1.80. The SMILES string of the molecule is COc1cc(NC(=O)c2cnn(C)n2)cc(OC)c1OC. The molecule has 1 N–H and O–H groups in total. The van der Waals surface area contributed by atoms with Crippen LogP contribution in [0.1, 0.15) is 10.5 Å². The average Bonchev–Trinajstić information content (AvgIpc) is 2.92. The predicted octanol–water partition coefficient (Wildman–Crippen LogP) is 1.09. The molecule has 0 fully saturated rings. The topological polar surface area (TPSA) is 87.5 Å². The maximum absolute atomic E-state index is 12.0. The monoisotopic (exact) mass is 292 g/mol. The van der Waals surface area contributed by atoms with E-state index in [9.17, 15) is 4.79 Å². The Morgan fingerprint density at radius 2 is 1.76 bits per heavy atom. The van der Waals surface area contributed by atoms with Crippen LogP contribution in [-0.4, -0.2) is 42.2 Å². The lowest BCUT2D eigenvalue weighted by Crippen LogP contribution is -2.13. The molecule has 0 saturated heterocycles. The first-order chi connectivity index (χ1) is 10.1. The Morgan fingerprint density at radius 1 is 1.14 bits per heavy atom. The van der Waals surface area contributed by atoms with Gasteiger partial charge in [-0.15, -0.1) is 5.10 Å². The van der Waals surface area contributed by atoms with E-state index < -0.39 is 0 Å². The molecule has 1 amide bonds. The molecule has 2 aromatic rings.